The van der Waals surface area contributed by atoms with Crippen molar-refractivity contribution in [3.05, 3.63) is 29.8 Å². The molecule has 1 fully saturated rings. The molecule has 3 nitrogen and oxygen atoms in total. The first-order valence-electron chi connectivity index (χ1n) is 6.05. The fourth-order valence-electron chi connectivity index (χ4n) is 2.09. The Balaban J connectivity index is 1.98. The molecule has 0 saturated carbocycles. The Hall–Kier alpha value is -1.49. The number of rotatable bonds is 2. The van der Waals surface area contributed by atoms with E-state index in [9.17, 15) is 13.6 Å². The molecule has 1 amide bonds. The quantitative estimate of drug-likeness (QED) is 0.850. The third kappa shape index (κ3) is 3.26. The third-order valence-electron chi connectivity index (χ3n) is 3.16. The van der Waals surface area contributed by atoms with Gasteiger partial charge in [-0.3, -0.25) is 4.79 Å². The van der Waals surface area contributed by atoms with Gasteiger partial charge in [0.2, 0.25) is 5.91 Å². The number of piperidine rings is 1. The van der Waals surface area contributed by atoms with Crippen molar-refractivity contribution in [3.63, 3.8) is 0 Å². The van der Waals surface area contributed by atoms with Crippen LogP contribution in [0.3, 0.4) is 0 Å². The van der Waals surface area contributed by atoms with Crippen molar-refractivity contribution in [2.24, 2.45) is 5.92 Å². The van der Waals surface area contributed by atoms with Gasteiger partial charge in [-0.1, -0.05) is 0 Å². The van der Waals surface area contributed by atoms with Crippen LogP contribution in [-0.2, 0) is 4.79 Å². The summed E-state index contributed by atoms with van der Waals surface area (Å²) in [5.74, 6) is -1.73. The van der Waals surface area contributed by atoms with Crippen LogP contribution in [0.5, 0.6) is 0 Å². The van der Waals surface area contributed by atoms with Crippen LogP contribution >= 0.6 is 0 Å². The Morgan fingerprint density at radius 2 is 1.94 bits per heavy atom. The van der Waals surface area contributed by atoms with Gasteiger partial charge in [0.1, 0.15) is 11.6 Å². The number of benzene rings is 1. The lowest BCUT2D eigenvalue weighted by Crippen LogP contribution is -2.41. The van der Waals surface area contributed by atoms with Crippen molar-refractivity contribution in [2.75, 3.05) is 11.9 Å². The Labute approximate surface area is 105 Å². The van der Waals surface area contributed by atoms with Crippen molar-refractivity contribution in [2.45, 2.75) is 25.8 Å². The lowest BCUT2D eigenvalue weighted by Gasteiger charge is -2.26. The Morgan fingerprint density at radius 1 is 1.28 bits per heavy atom. The lowest BCUT2D eigenvalue weighted by molar-refractivity contribution is -0.120. The van der Waals surface area contributed by atoms with E-state index in [1.165, 1.54) is 0 Å². The molecule has 0 spiro atoms. The normalized spacial score (nSPS) is 23.7. The molecule has 0 radical (unpaired) electrons. The molecule has 1 saturated heterocycles. The van der Waals surface area contributed by atoms with E-state index in [1.807, 2.05) is 0 Å². The van der Waals surface area contributed by atoms with Gasteiger partial charge in [0.05, 0.1) is 5.92 Å². The summed E-state index contributed by atoms with van der Waals surface area (Å²) in [5.41, 5.74) is 0.163. The molecule has 0 aliphatic carbocycles. The van der Waals surface area contributed by atoms with E-state index in [0.717, 1.165) is 31.0 Å². The Kier molecular flexibility index (Phi) is 3.91. The van der Waals surface area contributed by atoms with Crippen LogP contribution in [0.4, 0.5) is 14.5 Å². The third-order valence-corrected chi connectivity index (χ3v) is 3.16. The molecule has 1 aliphatic heterocycles. The summed E-state index contributed by atoms with van der Waals surface area (Å²) in [6, 6.07) is 3.42. The Bertz CT molecular complexity index is 422. The molecule has 0 aromatic heterocycles. The summed E-state index contributed by atoms with van der Waals surface area (Å²) < 4.78 is 25.9. The highest BCUT2D eigenvalue weighted by atomic mass is 19.1. The fraction of sp³-hybridized carbons (Fsp3) is 0.462. The van der Waals surface area contributed by atoms with Gasteiger partial charge < -0.3 is 10.6 Å². The monoisotopic (exact) mass is 254 g/mol. The van der Waals surface area contributed by atoms with Gasteiger partial charge >= 0.3 is 0 Å². The molecular weight excluding hydrogens is 238 g/mol. The molecule has 98 valence electrons. The minimum atomic E-state index is -0.694. The maximum Gasteiger partial charge on any atom is 0.228 e. The minimum Gasteiger partial charge on any atom is -0.326 e. The van der Waals surface area contributed by atoms with Gasteiger partial charge in [-0.25, -0.2) is 8.78 Å². The molecule has 0 bridgehead atoms. The predicted molar refractivity (Wildman–Crippen MR) is 65.2 cm³/mol. The maximum absolute atomic E-state index is 13.0. The first-order valence-corrected chi connectivity index (χ1v) is 6.05. The number of hydrogen-bond acceptors (Lipinski definition) is 2. The molecule has 2 N–H and O–H groups in total. The second kappa shape index (κ2) is 5.44. The summed E-state index contributed by atoms with van der Waals surface area (Å²) in [4.78, 5) is 11.9. The Morgan fingerprint density at radius 3 is 2.50 bits per heavy atom. The van der Waals surface area contributed by atoms with Crippen molar-refractivity contribution < 1.29 is 13.6 Å². The van der Waals surface area contributed by atoms with Gasteiger partial charge in [0.15, 0.2) is 0 Å². The van der Waals surface area contributed by atoms with Crippen molar-refractivity contribution in [3.8, 4) is 0 Å². The number of halogens is 2. The van der Waals surface area contributed by atoms with Crippen molar-refractivity contribution in [1.82, 2.24) is 5.32 Å². The summed E-state index contributed by atoms with van der Waals surface area (Å²) in [7, 11) is 0. The predicted octanol–water partition coefficient (Wildman–Crippen LogP) is 2.29. The zero-order chi connectivity index (χ0) is 13.1. The molecule has 2 atom stereocenters. The van der Waals surface area contributed by atoms with Crippen LogP contribution in [0.1, 0.15) is 19.8 Å². The zero-order valence-electron chi connectivity index (χ0n) is 10.2. The molecule has 5 heteroatoms. The van der Waals surface area contributed by atoms with Gasteiger partial charge in [-0.15, -0.1) is 0 Å². The van der Waals surface area contributed by atoms with E-state index < -0.39 is 11.6 Å². The number of carbonyl (C=O) groups is 1. The smallest absolute Gasteiger partial charge is 0.228 e. The van der Waals surface area contributed by atoms with E-state index in [4.69, 9.17) is 0 Å². The topological polar surface area (TPSA) is 41.1 Å². The fourth-order valence-corrected chi connectivity index (χ4v) is 2.09. The molecule has 1 aliphatic rings. The van der Waals surface area contributed by atoms with Gasteiger partial charge in [0, 0.05) is 24.3 Å². The molecule has 1 heterocycles. The number of hydrogen-bond donors (Lipinski definition) is 2. The summed E-state index contributed by atoms with van der Waals surface area (Å²) in [6.45, 7) is 2.67. The summed E-state index contributed by atoms with van der Waals surface area (Å²) in [5, 5.41) is 5.76. The highest BCUT2D eigenvalue weighted by Crippen LogP contribution is 2.18. The molecule has 18 heavy (non-hydrogen) atoms. The second-order valence-corrected chi connectivity index (χ2v) is 4.73. The first kappa shape index (κ1) is 13.0. The van der Waals surface area contributed by atoms with E-state index >= 15 is 0 Å². The van der Waals surface area contributed by atoms with Crippen LogP contribution in [0.15, 0.2) is 18.2 Å². The van der Waals surface area contributed by atoms with Crippen LogP contribution < -0.4 is 10.6 Å². The van der Waals surface area contributed by atoms with Gasteiger partial charge in [0.25, 0.3) is 0 Å². The zero-order valence-corrected chi connectivity index (χ0v) is 10.2. The van der Waals surface area contributed by atoms with Crippen LogP contribution in [0.25, 0.3) is 0 Å². The standard InChI is InChI=1S/C13H16F2N2O/c1-8-2-3-9(7-16-8)13(18)17-12-5-10(14)4-11(15)6-12/h4-6,8-9,16H,2-3,7H2,1H3,(H,17,18). The van der Waals surface area contributed by atoms with E-state index in [-0.39, 0.29) is 17.5 Å². The number of anilines is 1. The average molecular weight is 254 g/mol. The number of carbonyl (C=O) groups excluding carboxylic acids is 1. The van der Waals surface area contributed by atoms with E-state index in [1.54, 1.807) is 0 Å². The molecule has 1 aromatic carbocycles. The first-order chi connectivity index (χ1) is 8.54. The van der Waals surface area contributed by atoms with Crippen LogP contribution in [0, 0.1) is 17.6 Å². The van der Waals surface area contributed by atoms with Crippen molar-refractivity contribution >= 4 is 11.6 Å². The maximum atomic E-state index is 13.0. The number of amides is 1. The van der Waals surface area contributed by atoms with Gasteiger partial charge in [-0.05, 0) is 31.9 Å². The molecular formula is C13H16F2N2O. The summed E-state index contributed by atoms with van der Waals surface area (Å²) >= 11 is 0. The second-order valence-electron chi connectivity index (χ2n) is 4.73. The molecule has 2 unspecified atom stereocenters. The average Bonchev–Trinajstić information content (AvgIpc) is 2.28. The van der Waals surface area contributed by atoms with Gasteiger partial charge in [-0.2, -0.15) is 0 Å². The minimum absolute atomic E-state index is 0.146. The van der Waals surface area contributed by atoms with E-state index in [2.05, 4.69) is 17.6 Å². The largest absolute Gasteiger partial charge is 0.326 e. The molecule has 1 aromatic rings. The van der Waals surface area contributed by atoms with Crippen LogP contribution in [-0.4, -0.2) is 18.5 Å². The van der Waals surface area contributed by atoms with E-state index in [0.29, 0.717) is 12.6 Å². The number of nitrogens with one attached hydrogen (secondary N) is 2. The lowest BCUT2D eigenvalue weighted by atomic mass is 9.95. The highest BCUT2D eigenvalue weighted by molar-refractivity contribution is 5.92. The highest BCUT2D eigenvalue weighted by Gasteiger charge is 2.24. The SMILES string of the molecule is CC1CCC(C(=O)Nc2cc(F)cc(F)c2)CN1. The summed E-state index contributed by atoms with van der Waals surface area (Å²) in [6.07, 6.45) is 1.72. The van der Waals surface area contributed by atoms with Crippen molar-refractivity contribution in [1.29, 1.82) is 0 Å². The molecule has 2 rings (SSSR count). The van der Waals surface area contributed by atoms with Crippen LogP contribution in [0.2, 0.25) is 0 Å².